The van der Waals surface area contributed by atoms with Crippen LogP contribution >= 0.6 is 0 Å². The highest BCUT2D eigenvalue weighted by atomic mass is 19.1. The van der Waals surface area contributed by atoms with E-state index < -0.39 is 29.0 Å². The molecule has 3 rings (SSSR count). The number of halogens is 1. The van der Waals surface area contributed by atoms with Gasteiger partial charge >= 0.3 is 5.69 Å². The second-order valence-corrected chi connectivity index (χ2v) is 4.76. The zero-order valence-corrected chi connectivity index (χ0v) is 11.9. The van der Waals surface area contributed by atoms with Crippen LogP contribution < -0.4 is 11.2 Å². The normalized spacial score (nSPS) is 16.7. The van der Waals surface area contributed by atoms with Crippen LogP contribution in [0.25, 0.3) is 0 Å². The highest BCUT2D eigenvalue weighted by Gasteiger charge is 2.19. The molecule has 0 radical (unpaired) electrons. The Labute approximate surface area is 129 Å². The molecule has 9 heteroatoms. The first-order valence-corrected chi connectivity index (χ1v) is 6.72. The first-order chi connectivity index (χ1) is 10.9. The lowest BCUT2D eigenvalue weighted by Crippen LogP contribution is -2.33. The van der Waals surface area contributed by atoms with Crippen LogP contribution in [-0.4, -0.2) is 31.5 Å². The fourth-order valence-corrected chi connectivity index (χ4v) is 1.97. The molecule has 0 saturated carbocycles. The van der Waals surface area contributed by atoms with Crippen molar-refractivity contribution in [2.24, 2.45) is 0 Å². The van der Waals surface area contributed by atoms with Crippen LogP contribution in [-0.2, 0) is 4.74 Å². The average Bonchev–Trinajstić information content (AvgIpc) is 3.03. The largest absolute Gasteiger partial charge is 0.504 e. The van der Waals surface area contributed by atoms with Crippen molar-refractivity contribution in [1.82, 2.24) is 9.55 Å². The minimum Gasteiger partial charge on any atom is -0.504 e. The fourth-order valence-electron chi connectivity index (χ4n) is 1.97. The Kier molecular flexibility index (Phi) is 5.02. The van der Waals surface area contributed by atoms with Crippen molar-refractivity contribution < 1.29 is 24.4 Å². The summed E-state index contributed by atoms with van der Waals surface area (Å²) in [5, 5.41) is 26.1. The van der Waals surface area contributed by atoms with Gasteiger partial charge in [0.25, 0.3) is 5.56 Å². The number of hydrogen-bond donors (Lipinski definition) is 4. The third-order valence-electron chi connectivity index (χ3n) is 3.13. The molecule has 1 aromatic carbocycles. The predicted molar refractivity (Wildman–Crippen MR) is 76.9 cm³/mol. The number of aromatic nitrogens is 2. The Hall–Kier alpha value is -2.81. The minimum atomic E-state index is -0.996. The molecule has 1 aromatic heterocycles. The SMILES string of the molecule is O=c1[nH]c(=O)n([C@H]2CCCO2)cc1F.Oc1cccc(O)c1O. The standard InChI is InChI=1S/C8H9FN2O3.C6H6O3/c9-5-4-11(6-2-1-3-14-6)8(13)10-7(5)12;7-4-2-1-3-5(8)6(4)9/h4,6H,1-3H2,(H,10,12,13);1-3,7-9H/t6-;/m1./s1. The zero-order valence-electron chi connectivity index (χ0n) is 11.9. The molecule has 2 aromatic rings. The number of benzene rings is 1. The van der Waals surface area contributed by atoms with Crippen LogP contribution in [0.3, 0.4) is 0 Å². The van der Waals surface area contributed by atoms with E-state index in [1.807, 2.05) is 4.98 Å². The fraction of sp³-hybridized carbons (Fsp3) is 0.286. The Morgan fingerprint density at radius 2 is 1.87 bits per heavy atom. The summed E-state index contributed by atoms with van der Waals surface area (Å²) in [4.78, 5) is 23.8. The van der Waals surface area contributed by atoms with Crippen LogP contribution in [0.1, 0.15) is 19.1 Å². The summed E-state index contributed by atoms with van der Waals surface area (Å²) in [7, 11) is 0. The first-order valence-electron chi connectivity index (χ1n) is 6.72. The predicted octanol–water partition coefficient (Wildman–Crippen LogP) is 0.788. The lowest BCUT2D eigenvalue weighted by molar-refractivity contribution is 0.0517. The molecule has 1 aliphatic heterocycles. The van der Waals surface area contributed by atoms with Gasteiger partial charge in [0.1, 0.15) is 6.23 Å². The first kappa shape index (κ1) is 16.6. The molecule has 0 bridgehead atoms. The quantitative estimate of drug-likeness (QED) is 0.574. The third kappa shape index (κ3) is 3.89. The molecule has 4 N–H and O–H groups in total. The molecule has 1 atom stereocenters. The summed E-state index contributed by atoms with van der Waals surface area (Å²) in [6, 6.07) is 4.01. The molecule has 0 aliphatic carbocycles. The highest BCUT2D eigenvalue weighted by molar-refractivity contribution is 5.47. The third-order valence-corrected chi connectivity index (χ3v) is 3.13. The van der Waals surface area contributed by atoms with Gasteiger partial charge in [-0.15, -0.1) is 0 Å². The van der Waals surface area contributed by atoms with Gasteiger partial charge in [-0.05, 0) is 25.0 Å². The number of rotatable bonds is 1. The molecular formula is C14H15FN2O6. The summed E-state index contributed by atoms with van der Waals surface area (Å²) in [6.45, 7) is 0.553. The second-order valence-electron chi connectivity index (χ2n) is 4.76. The molecule has 23 heavy (non-hydrogen) atoms. The summed E-state index contributed by atoms with van der Waals surface area (Å²) in [6.07, 6.45) is 1.93. The molecule has 0 spiro atoms. The van der Waals surface area contributed by atoms with E-state index in [1.165, 1.54) is 18.2 Å². The van der Waals surface area contributed by atoms with Gasteiger partial charge in [0.05, 0.1) is 6.20 Å². The number of nitrogens with one attached hydrogen (secondary N) is 1. The van der Waals surface area contributed by atoms with Crippen molar-refractivity contribution >= 4 is 0 Å². The van der Waals surface area contributed by atoms with Gasteiger partial charge in [-0.1, -0.05) is 6.07 Å². The minimum absolute atomic E-state index is 0.310. The van der Waals surface area contributed by atoms with E-state index in [0.717, 1.165) is 17.2 Å². The van der Waals surface area contributed by atoms with E-state index in [4.69, 9.17) is 20.1 Å². The molecule has 1 aliphatic rings. The van der Waals surface area contributed by atoms with Crippen molar-refractivity contribution in [3.05, 3.63) is 51.1 Å². The molecule has 124 valence electrons. The van der Waals surface area contributed by atoms with E-state index in [0.29, 0.717) is 13.0 Å². The van der Waals surface area contributed by atoms with Gasteiger partial charge in [0.2, 0.25) is 5.82 Å². The van der Waals surface area contributed by atoms with Gasteiger partial charge in [-0.25, -0.2) is 4.79 Å². The number of para-hydroxylation sites is 1. The maximum atomic E-state index is 12.9. The number of nitrogens with zero attached hydrogens (tertiary/aromatic N) is 1. The Morgan fingerprint density at radius 1 is 1.22 bits per heavy atom. The van der Waals surface area contributed by atoms with E-state index in [9.17, 15) is 14.0 Å². The molecule has 2 heterocycles. The Bertz CT molecular complexity index is 774. The van der Waals surface area contributed by atoms with Crippen molar-refractivity contribution in [2.45, 2.75) is 19.1 Å². The Balaban J connectivity index is 0.000000185. The van der Waals surface area contributed by atoms with Crippen molar-refractivity contribution in [1.29, 1.82) is 0 Å². The van der Waals surface area contributed by atoms with Crippen LogP contribution in [0.4, 0.5) is 4.39 Å². The van der Waals surface area contributed by atoms with Gasteiger partial charge in [0.15, 0.2) is 17.2 Å². The molecule has 8 nitrogen and oxygen atoms in total. The number of phenolic OH excluding ortho intramolecular Hbond substituents is 3. The van der Waals surface area contributed by atoms with E-state index in [-0.39, 0.29) is 11.5 Å². The van der Waals surface area contributed by atoms with E-state index >= 15 is 0 Å². The number of aromatic amines is 1. The number of aromatic hydroxyl groups is 3. The Morgan fingerprint density at radius 3 is 2.39 bits per heavy atom. The maximum Gasteiger partial charge on any atom is 0.330 e. The van der Waals surface area contributed by atoms with E-state index in [2.05, 4.69) is 0 Å². The number of hydrogen-bond acceptors (Lipinski definition) is 6. The second kappa shape index (κ2) is 6.97. The average molecular weight is 326 g/mol. The van der Waals surface area contributed by atoms with Crippen LogP contribution in [0.5, 0.6) is 17.2 Å². The lowest BCUT2D eigenvalue weighted by atomic mass is 10.3. The van der Waals surface area contributed by atoms with Crippen molar-refractivity contribution in [2.75, 3.05) is 6.61 Å². The molecule has 1 saturated heterocycles. The van der Waals surface area contributed by atoms with Crippen molar-refractivity contribution in [3.63, 3.8) is 0 Å². The lowest BCUT2D eigenvalue weighted by Gasteiger charge is -2.11. The summed E-state index contributed by atoms with van der Waals surface area (Å²) < 4.78 is 19.1. The maximum absolute atomic E-state index is 12.9. The number of ether oxygens (including phenoxy) is 1. The summed E-state index contributed by atoms with van der Waals surface area (Å²) >= 11 is 0. The molecular weight excluding hydrogens is 311 g/mol. The van der Waals surface area contributed by atoms with Gasteiger partial charge in [-0.3, -0.25) is 14.3 Å². The smallest absolute Gasteiger partial charge is 0.330 e. The number of H-pyrrole nitrogens is 1. The molecule has 1 fully saturated rings. The summed E-state index contributed by atoms with van der Waals surface area (Å²) in [5.74, 6) is -2.07. The van der Waals surface area contributed by atoms with Gasteiger partial charge < -0.3 is 20.1 Å². The zero-order chi connectivity index (χ0) is 17.0. The van der Waals surface area contributed by atoms with Crippen LogP contribution in [0, 0.1) is 5.82 Å². The monoisotopic (exact) mass is 326 g/mol. The van der Waals surface area contributed by atoms with Crippen LogP contribution in [0.2, 0.25) is 0 Å². The van der Waals surface area contributed by atoms with E-state index in [1.54, 1.807) is 0 Å². The molecule has 0 amide bonds. The molecule has 0 unspecified atom stereocenters. The van der Waals surface area contributed by atoms with Crippen LogP contribution in [0.15, 0.2) is 34.0 Å². The highest BCUT2D eigenvalue weighted by Crippen LogP contribution is 2.32. The van der Waals surface area contributed by atoms with Gasteiger partial charge in [-0.2, -0.15) is 4.39 Å². The van der Waals surface area contributed by atoms with Gasteiger partial charge in [0, 0.05) is 6.61 Å². The topological polar surface area (TPSA) is 125 Å². The number of phenols is 3. The summed E-state index contributed by atoms with van der Waals surface area (Å²) in [5.41, 5.74) is -1.63. The van der Waals surface area contributed by atoms with Crippen molar-refractivity contribution in [3.8, 4) is 17.2 Å².